The predicted octanol–water partition coefficient (Wildman–Crippen LogP) is 5.49. The molecule has 0 aliphatic heterocycles. The lowest BCUT2D eigenvalue weighted by Gasteiger charge is -2.56. The highest BCUT2D eigenvalue weighted by Gasteiger charge is 2.58. The fourth-order valence-corrected chi connectivity index (χ4v) is 9.11. The van der Waals surface area contributed by atoms with Crippen molar-refractivity contribution in [1.82, 2.24) is 0 Å². The number of hydrogen-bond donors (Lipinski definition) is 3. The summed E-state index contributed by atoms with van der Waals surface area (Å²) in [4.78, 5) is 0. The SMILES string of the molecule is CC(SCCCC(C)(C)O)[C@H]1CC[C@H]2C3=CC=C4C[C@@H](O)C[C@H](O)[C@]4(C)[C@H]3CC[C@]12C. The monoisotopic (exact) mass is 448 g/mol. The molecule has 176 valence electrons. The molecule has 0 aromatic heterocycles. The Morgan fingerprint density at radius 2 is 1.87 bits per heavy atom. The highest BCUT2D eigenvalue weighted by molar-refractivity contribution is 7.99. The first kappa shape index (κ1) is 23.9. The maximum absolute atomic E-state index is 11.0. The molecule has 0 amide bonds. The molecule has 8 atom stereocenters. The van der Waals surface area contributed by atoms with E-state index < -0.39 is 17.8 Å². The van der Waals surface area contributed by atoms with E-state index in [1.54, 1.807) is 5.57 Å². The number of aliphatic hydroxyl groups excluding tert-OH is 2. The molecule has 4 aliphatic carbocycles. The summed E-state index contributed by atoms with van der Waals surface area (Å²) < 4.78 is 0. The van der Waals surface area contributed by atoms with Crippen molar-refractivity contribution in [2.75, 3.05) is 5.75 Å². The average Bonchev–Trinajstić information content (AvgIpc) is 3.03. The normalized spacial score (nSPS) is 43.4. The van der Waals surface area contributed by atoms with Crippen molar-refractivity contribution >= 4 is 11.8 Å². The van der Waals surface area contributed by atoms with Gasteiger partial charge in [0.1, 0.15) is 0 Å². The lowest BCUT2D eigenvalue weighted by atomic mass is 9.49. The van der Waals surface area contributed by atoms with Crippen molar-refractivity contribution in [2.24, 2.45) is 28.6 Å². The first-order chi connectivity index (χ1) is 14.5. The first-order valence-corrected chi connectivity index (χ1v) is 13.6. The maximum Gasteiger partial charge on any atom is 0.0661 e. The van der Waals surface area contributed by atoms with Crippen molar-refractivity contribution < 1.29 is 15.3 Å². The molecule has 4 rings (SSSR count). The molecule has 0 spiro atoms. The quantitative estimate of drug-likeness (QED) is 0.470. The fourth-order valence-electron chi connectivity index (χ4n) is 7.75. The van der Waals surface area contributed by atoms with Gasteiger partial charge in [0, 0.05) is 17.1 Å². The van der Waals surface area contributed by atoms with Crippen molar-refractivity contribution in [3.05, 3.63) is 23.3 Å². The second-order valence-corrected chi connectivity index (χ2v) is 13.6. The van der Waals surface area contributed by atoms with Crippen molar-refractivity contribution in [1.29, 1.82) is 0 Å². The highest BCUT2D eigenvalue weighted by atomic mass is 32.2. The van der Waals surface area contributed by atoms with Crippen LogP contribution in [0.2, 0.25) is 0 Å². The first-order valence-electron chi connectivity index (χ1n) is 12.6. The topological polar surface area (TPSA) is 60.7 Å². The van der Waals surface area contributed by atoms with E-state index in [-0.39, 0.29) is 5.41 Å². The molecule has 0 saturated heterocycles. The third-order valence-corrected chi connectivity index (χ3v) is 11.0. The zero-order chi connectivity index (χ0) is 22.6. The molecular formula is C27H44O3S. The van der Waals surface area contributed by atoms with E-state index in [0.29, 0.717) is 28.9 Å². The van der Waals surface area contributed by atoms with Gasteiger partial charge in [-0.15, -0.1) is 0 Å². The Balaban J connectivity index is 1.48. The summed E-state index contributed by atoms with van der Waals surface area (Å²) in [5.74, 6) is 2.93. The minimum atomic E-state index is -0.553. The standard InChI is InChI=1S/C27H44O3S/c1-17(31-14-6-12-25(2,3)30)21-9-10-22-20-8-7-18-15-19(28)16-24(29)27(18,5)23(20)11-13-26(21,22)4/h7-8,17,19,21-24,28-30H,6,9-16H2,1-5H3/t17?,19-,21-,22+,23+,24+,26-,27+/m1/s1. The molecule has 0 radical (unpaired) electrons. The molecule has 4 heteroatoms. The number of allylic oxidation sites excluding steroid dienone is 3. The van der Waals surface area contributed by atoms with Crippen LogP contribution in [0.1, 0.15) is 86.0 Å². The largest absolute Gasteiger partial charge is 0.393 e. The zero-order valence-electron chi connectivity index (χ0n) is 20.2. The molecule has 4 aliphatic rings. The Kier molecular flexibility index (Phi) is 6.53. The van der Waals surface area contributed by atoms with Crippen LogP contribution >= 0.6 is 11.8 Å². The molecular weight excluding hydrogens is 404 g/mol. The van der Waals surface area contributed by atoms with Crippen LogP contribution in [-0.4, -0.2) is 44.1 Å². The second kappa shape index (κ2) is 8.49. The Hall–Kier alpha value is -0.290. The molecule has 3 fully saturated rings. The molecule has 0 aromatic carbocycles. The van der Waals surface area contributed by atoms with E-state index in [1.807, 2.05) is 13.8 Å². The van der Waals surface area contributed by atoms with E-state index in [9.17, 15) is 15.3 Å². The van der Waals surface area contributed by atoms with Crippen molar-refractivity contribution in [3.63, 3.8) is 0 Å². The van der Waals surface area contributed by atoms with Crippen LogP contribution in [0.4, 0.5) is 0 Å². The smallest absolute Gasteiger partial charge is 0.0661 e. The zero-order valence-corrected chi connectivity index (χ0v) is 21.0. The van der Waals surface area contributed by atoms with Crippen LogP contribution in [-0.2, 0) is 0 Å². The van der Waals surface area contributed by atoms with Crippen LogP contribution in [0.3, 0.4) is 0 Å². The minimum absolute atomic E-state index is 0.194. The average molecular weight is 449 g/mol. The number of rotatable bonds is 6. The lowest BCUT2D eigenvalue weighted by Crippen LogP contribution is -2.52. The summed E-state index contributed by atoms with van der Waals surface area (Å²) in [5.41, 5.74) is 2.47. The van der Waals surface area contributed by atoms with Gasteiger partial charge in [-0.1, -0.05) is 44.1 Å². The summed E-state index contributed by atoms with van der Waals surface area (Å²) >= 11 is 2.11. The van der Waals surface area contributed by atoms with Gasteiger partial charge >= 0.3 is 0 Å². The van der Waals surface area contributed by atoms with Gasteiger partial charge < -0.3 is 15.3 Å². The highest BCUT2D eigenvalue weighted by Crippen LogP contribution is 2.66. The van der Waals surface area contributed by atoms with Gasteiger partial charge in [-0.25, -0.2) is 0 Å². The molecule has 3 N–H and O–H groups in total. The fraction of sp³-hybridized carbons (Fsp3) is 0.852. The van der Waals surface area contributed by atoms with E-state index in [2.05, 4.69) is 44.7 Å². The van der Waals surface area contributed by atoms with Gasteiger partial charge in [-0.3, -0.25) is 0 Å². The molecule has 3 saturated carbocycles. The molecule has 1 unspecified atom stereocenters. The number of thioether (sulfide) groups is 1. The summed E-state index contributed by atoms with van der Waals surface area (Å²) in [6.07, 6.45) is 12.0. The van der Waals surface area contributed by atoms with Gasteiger partial charge in [0.15, 0.2) is 0 Å². The van der Waals surface area contributed by atoms with Crippen LogP contribution in [0.15, 0.2) is 23.3 Å². The molecule has 0 bridgehead atoms. The summed E-state index contributed by atoms with van der Waals surface area (Å²) in [5, 5.41) is 31.9. The van der Waals surface area contributed by atoms with Crippen LogP contribution < -0.4 is 0 Å². The molecule has 0 heterocycles. The molecule has 0 aromatic rings. The Labute approximate surface area is 193 Å². The van der Waals surface area contributed by atoms with E-state index >= 15 is 0 Å². The summed E-state index contributed by atoms with van der Waals surface area (Å²) in [6, 6.07) is 0. The van der Waals surface area contributed by atoms with Gasteiger partial charge in [-0.2, -0.15) is 11.8 Å². The maximum atomic E-state index is 11.0. The number of hydrogen-bond acceptors (Lipinski definition) is 4. The third-order valence-electron chi connectivity index (χ3n) is 9.60. The van der Waals surface area contributed by atoms with Crippen LogP contribution in [0, 0.1) is 28.6 Å². The van der Waals surface area contributed by atoms with E-state index in [1.165, 1.54) is 24.8 Å². The lowest BCUT2D eigenvalue weighted by molar-refractivity contribution is -0.0526. The van der Waals surface area contributed by atoms with E-state index in [4.69, 9.17) is 0 Å². The Morgan fingerprint density at radius 1 is 1.13 bits per heavy atom. The summed E-state index contributed by atoms with van der Waals surface area (Å²) in [7, 11) is 0. The third kappa shape index (κ3) is 4.20. The van der Waals surface area contributed by atoms with E-state index in [0.717, 1.165) is 37.4 Å². The van der Waals surface area contributed by atoms with Gasteiger partial charge in [-0.05, 0) is 87.7 Å². The van der Waals surface area contributed by atoms with Gasteiger partial charge in [0.2, 0.25) is 0 Å². The second-order valence-electron chi connectivity index (χ2n) is 12.1. The van der Waals surface area contributed by atoms with Crippen molar-refractivity contribution in [2.45, 2.75) is 109 Å². The predicted molar refractivity (Wildman–Crippen MR) is 130 cm³/mol. The van der Waals surface area contributed by atoms with Gasteiger partial charge in [0.05, 0.1) is 17.8 Å². The van der Waals surface area contributed by atoms with Crippen LogP contribution in [0.25, 0.3) is 0 Å². The minimum Gasteiger partial charge on any atom is -0.393 e. The number of aliphatic hydroxyl groups is 3. The number of fused-ring (bicyclic) bond motifs is 5. The Morgan fingerprint density at radius 3 is 2.58 bits per heavy atom. The summed E-state index contributed by atoms with van der Waals surface area (Å²) in [6.45, 7) is 11.1. The Bertz CT molecular complexity index is 737. The van der Waals surface area contributed by atoms with Crippen molar-refractivity contribution in [3.8, 4) is 0 Å². The molecule has 3 nitrogen and oxygen atoms in total. The van der Waals surface area contributed by atoms with Gasteiger partial charge in [0.25, 0.3) is 0 Å². The van der Waals surface area contributed by atoms with Crippen LogP contribution in [0.5, 0.6) is 0 Å². The molecule has 31 heavy (non-hydrogen) atoms.